The number of ether oxygens (including phenoxy) is 1. The van der Waals surface area contributed by atoms with E-state index < -0.39 is 23.3 Å². The zero-order valence-electron chi connectivity index (χ0n) is 17.2. The Labute approximate surface area is 161 Å². The fourth-order valence-corrected chi connectivity index (χ4v) is 3.95. The number of aliphatic imine (C=N–C) groups is 1. The first-order valence-corrected chi connectivity index (χ1v) is 9.82. The summed E-state index contributed by atoms with van der Waals surface area (Å²) >= 11 is 0. The molecule has 1 aliphatic carbocycles. The van der Waals surface area contributed by atoms with Crippen molar-refractivity contribution in [3.8, 4) is 0 Å². The Hall–Kier alpha value is -2.17. The summed E-state index contributed by atoms with van der Waals surface area (Å²) in [7, 11) is 0. The van der Waals surface area contributed by atoms with Gasteiger partial charge in [-0.1, -0.05) is 57.5 Å². The van der Waals surface area contributed by atoms with Crippen molar-refractivity contribution in [2.45, 2.75) is 71.6 Å². The third-order valence-corrected chi connectivity index (χ3v) is 5.32. The Balaban J connectivity index is 2.11. The van der Waals surface area contributed by atoms with E-state index in [0.717, 1.165) is 17.7 Å². The van der Waals surface area contributed by atoms with Crippen molar-refractivity contribution < 1.29 is 14.3 Å². The first kappa shape index (κ1) is 19.6. The maximum absolute atomic E-state index is 13.4. The maximum Gasteiger partial charge on any atom is 0.417 e. The summed E-state index contributed by atoms with van der Waals surface area (Å²) in [5.74, 6) is 0.000318. The highest BCUT2D eigenvalue weighted by atomic mass is 16.6. The Morgan fingerprint density at radius 2 is 1.93 bits per heavy atom. The van der Waals surface area contributed by atoms with Crippen molar-refractivity contribution in [1.29, 1.82) is 0 Å². The second-order valence-electron chi connectivity index (χ2n) is 8.94. The molecule has 0 unspecified atom stereocenters. The molecule has 1 heterocycles. The summed E-state index contributed by atoms with van der Waals surface area (Å²) in [5.41, 5.74) is 0.300. The lowest BCUT2D eigenvalue weighted by molar-refractivity contribution is -0.135. The fourth-order valence-electron chi connectivity index (χ4n) is 3.95. The average molecular weight is 370 g/mol. The minimum Gasteiger partial charge on any atom is -0.443 e. The molecule has 146 valence electrons. The summed E-state index contributed by atoms with van der Waals surface area (Å²) in [6.07, 6.45) is 0.991. The molecule has 5 heteroatoms. The van der Waals surface area contributed by atoms with Crippen LogP contribution in [0.2, 0.25) is 0 Å². The molecule has 27 heavy (non-hydrogen) atoms. The lowest BCUT2D eigenvalue weighted by Gasteiger charge is -2.40. The van der Waals surface area contributed by atoms with Crippen LogP contribution < -0.4 is 0 Å². The first-order chi connectivity index (χ1) is 12.6. The fraction of sp³-hybridized carbons (Fsp3) is 0.591. The third-order valence-electron chi connectivity index (χ3n) is 5.32. The molecule has 0 saturated heterocycles. The second kappa shape index (κ2) is 6.77. The number of benzene rings is 1. The molecule has 0 bridgehead atoms. The molecule has 3 rings (SSSR count). The number of imide groups is 1. The smallest absolute Gasteiger partial charge is 0.417 e. The maximum atomic E-state index is 13.4. The number of hydrogen-bond acceptors (Lipinski definition) is 4. The molecule has 3 atom stereocenters. The van der Waals surface area contributed by atoms with Gasteiger partial charge in [0.1, 0.15) is 11.1 Å². The molecule has 1 aromatic carbocycles. The number of rotatable bonds is 3. The lowest BCUT2D eigenvalue weighted by Crippen LogP contribution is -2.60. The largest absolute Gasteiger partial charge is 0.443 e. The Morgan fingerprint density at radius 3 is 2.41 bits per heavy atom. The van der Waals surface area contributed by atoms with E-state index in [-0.39, 0.29) is 17.7 Å². The van der Waals surface area contributed by atoms with Crippen LogP contribution in [0.3, 0.4) is 0 Å². The molecule has 1 fully saturated rings. The van der Waals surface area contributed by atoms with Gasteiger partial charge in [-0.3, -0.25) is 9.79 Å². The van der Waals surface area contributed by atoms with Crippen LogP contribution in [0, 0.1) is 11.8 Å². The van der Waals surface area contributed by atoms with Gasteiger partial charge in [0.15, 0.2) is 0 Å². The van der Waals surface area contributed by atoms with Gasteiger partial charge in [0, 0.05) is 0 Å². The van der Waals surface area contributed by atoms with Gasteiger partial charge in [0.05, 0.1) is 11.8 Å². The second-order valence-corrected chi connectivity index (χ2v) is 8.94. The van der Waals surface area contributed by atoms with Crippen LogP contribution in [0.1, 0.15) is 59.9 Å². The molecule has 1 saturated carbocycles. The molecular formula is C22H30N2O3. The van der Waals surface area contributed by atoms with Crippen LogP contribution in [-0.4, -0.2) is 39.8 Å². The molecule has 1 spiro atoms. The minimum absolute atomic E-state index is 0.0246. The average Bonchev–Trinajstić information content (AvgIpc) is 3.29. The molecular weight excluding hydrogens is 340 g/mol. The highest BCUT2D eigenvalue weighted by Gasteiger charge is 2.65. The summed E-state index contributed by atoms with van der Waals surface area (Å²) in [6.45, 7) is 11.5. The predicted molar refractivity (Wildman–Crippen MR) is 106 cm³/mol. The quantitative estimate of drug-likeness (QED) is 0.790. The summed E-state index contributed by atoms with van der Waals surface area (Å²) in [5, 5.41) is 0. The molecule has 2 amide bonds. The van der Waals surface area contributed by atoms with Crippen LogP contribution >= 0.6 is 0 Å². The Morgan fingerprint density at radius 1 is 1.30 bits per heavy atom. The number of amides is 2. The van der Waals surface area contributed by atoms with E-state index in [1.165, 1.54) is 4.90 Å². The van der Waals surface area contributed by atoms with E-state index in [1.807, 2.05) is 65.0 Å². The van der Waals surface area contributed by atoms with Crippen LogP contribution in [0.5, 0.6) is 0 Å². The highest BCUT2D eigenvalue weighted by molar-refractivity contribution is 6.15. The molecule has 0 aromatic heterocycles. The molecule has 0 N–H and O–H groups in total. The predicted octanol–water partition coefficient (Wildman–Crippen LogP) is 4.45. The Bertz CT molecular complexity index is 764. The van der Waals surface area contributed by atoms with Crippen molar-refractivity contribution in [2.24, 2.45) is 16.8 Å². The van der Waals surface area contributed by atoms with Gasteiger partial charge in [0.2, 0.25) is 0 Å². The van der Waals surface area contributed by atoms with Crippen LogP contribution in [0.15, 0.2) is 35.3 Å². The topological polar surface area (TPSA) is 59.0 Å². The van der Waals surface area contributed by atoms with Crippen LogP contribution in [0.4, 0.5) is 4.79 Å². The van der Waals surface area contributed by atoms with Gasteiger partial charge in [-0.2, -0.15) is 0 Å². The summed E-state index contributed by atoms with van der Waals surface area (Å²) in [6, 6.07) is 9.43. The van der Waals surface area contributed by atoms with Crippen molar-refractivity contribution in [1.82, 2.24) is 4.90 Å². The van der Waals surface area contributed by atoms with Crippen molar-refractivity contribution in [3.05, 3.63) is 35.9 Å². The van der Waals surface area contributed by atoms with Crippen LogP contribution in [-0.2, 0) is 9.53 Å². The van der Waals surface area contributed by atoms with Gasteiger partial charge in [0.25, 0.3) is 5.91 Å². The van der Waals surface area contributed by atoms with Gasteiger partial charge in [-0.15, -0.1) is 0 Å². The van der Waals surface area contributed by atoms with Gasteiger partial charge in [-0.25, -0.2) is 9.69 Å². The monoisotopic (exact) mass is 370 g/mol. The molecule has 2 aliphatic rings. The minimum atomic E-state index is -0.803. The normalized spacial score (nSPS) is 27.7. The number of hydrogen-bond donors (Lipinski definition) is 0. The SMILES string of the molecule is CC[C@@H]1C[C@]12N=C(c1ccccc1)[C@H](C(C)C)N(C(=O)OC(C)(C)C)C2=O. The van der Waals surface area contributed by atoms with Crippen molar-refractivity contribution >= 4 is 17.7 Å². The molecule has 1 aliphatic heterocycles. The van der Waals surface area contributed by atoms with Gasteiger partial charge < -0.3 is 4.74 Å². The number of carbonyl (C=O) groups excluding carboxylic acids is 2. The Kier molecular flexibility index (Phi) is 4.91. The zero-order chi connectivity index (χ0) is 20.0. The summed E-state index contributed by atoms with van der Waals surface area (Å²) < 4.78 is 5.61. The van der Waals surface area contributed by atoms with E-state index in [0.29, 0.717) is 6.42 Å². The molecule has 5 nitrogen and oxygen atoms in total. The standard InChI is InChI=1S/C22H30N2O3/c1-7-16-13-22(16)19(25)24(20(26)27-21(4,5)6)18(14(2)3)17(23-22)15-11-9-8-10-12-15/h8-12,14,16,18H,7,13H2,1-6H3/t16-,18+,22+/m1/s1. The first-order valence-electron chi connectivity index (χ1n) is 9.82. The van der Waals surface area contributed by atoms with Gasteiger partial charge in [-0.05, 0) is 44.6 Å². The van der Waals surface area contributed by atoms with E-state index >= 15 is 0 Å². The van der Waals surface area contributed by atoms with E-state index in [1.54, 1.807) is 0 Å². The zero-order valence-corrected chi connectivity index (χ0v) is 17.2. The number of carbonyl (C=O) groups is 2. The van der Waals surface area contributed by atoms with E-state index in [9.17, 15) is 9.59 Å². The van der Waals surface area contributed by atoms with E-state index in [4.69, 9.17) is 9.73 Å². The summed E-state index contributed by atoms with van der Waals surface area (Å²) in [4.78, 5) is 32.8. The molecule has 1 aromatic rings. The van der Waals surface area contributed by atoms with E-state index in [2.05, 4.69) is 6.92 Å². The van der Waals surface area contributed by atoms with Crippen molar-refractivity contribution in [3.63, 3.8) is 0 Å². The number of nitrogens with zero attached hydrogens (tertiary/aromatic N) is 2. The van der Waals surface area contributed by atoms with Crippen LogP contribution in [0.25, 0.3) is 0 Å². The van der Waals surface area contributed by atoms with Crippen molar-refractivity contribution in [2.75, 3.05) is 0 Å². The highest BCUT2D eigenvalue weighted by Crippen LogP contribution is 2.53. The molecule has 0 radical (unpaired) electrons. The third kappa shape index (κ3) is 3.52. The lowest BCUT2D eigenvalue weighted by atomic mass is 9.89. The van der Waals surface area contributed by atoms with Gasteiger partial charge >= 0.3 is 6.09 Å².